The lowest BCUT2D eigenvalue weighted by atomic mass is 9.87. The summed E-state index contributed by atoms with van der Waals surface area (Å²) in [6.45, 7) is 4.13. The molecule has 4 rings (SSSR count). The molecule has 0 radical (unpaired) electrons. The van der Waals surface area contributed by atoms with E-state index in [1.165, 1.54) is 0 Å². The summed E-state index contributed by atoms with van der Waals surface area (Å²) in [5.41, 5.74) is 2.49. The van der Waals surface area contributed by atoms with Gasteiger partial charge in [-0.1, -0.05) is 67.8 Å². The molecular formula is C25H21Br2NO3. The average molecular weight is 543 g/mol. The van der Waals surface area contributed by atoms with Crippen LogP contribution in [0.25, 0.3) is 0 Å². The van der Waals surface area contributed by atoms with Crippen molar-refractivity contribution in [2.24, 2.45) is 0 Å². The summed E-state index contributed by atoms with van der Waals surface area (Å²) in [6, 6.07) is 18.6. The van der Waals surface area contributed by atoms with Crippen molar-refractivity contribution in [1.82, 2.24) is 0 Å². The molecule has 1 aliphatic rings. The van der Waals surface area contributed by atoms with Gasteiger partial charge in [-0.25, -0.2) is 0 Å². The fraction of sp³-hybridized carbons (Fsp3) is 0.200. The SMILES string of the molecule is Cc1ccc(C(=O)CC2(O)C(=O)N(Cc3ccc(Br)cc3)c3ccc(Br)cc32)c(C)c1. The molecule has 1 heterocycles. The Morgan fingerprint density at radius 3 is 2.32 bits per heavy atom. The van der Waals surface area contributed by atoms with Gasteiger partial charge in [0.15, 0.2) is 11.4 Å². The molecule has 0 saturated carbocycles. The monoisotopic (exact) mass is 541 g/mol. The van der Waals surface area contributed by atoms with Gasteiger partial charge in [0.25, 0.3) is 5.91 Å². The molecule has 0 spiro atoms. The number of carbonyl (C=O) groups is 2. The Hall–Kier alpha value is -2.28. The van der Waals surface area contributed by atoms with Crippen LogP contribution < -0.4 is 4.90 Å². The summed E-state index contributed by atoms with van der Waals surface area (Å²) in [4.78, 5) is 28.2. The second kappa shape index (κ2) is 8.34. The molecule has 158 valence electrons. The first-order chi connectivity index (χ1) is 14.7. The third-order valence-corrected chi connectivity index (χ3v) is 6.67. The Bertz CT molecular complexity index is 1190. The second-order valence-electron chi connectivity index (χ2n) is 7.96. The number of ketones is 1. The lowest BCUT2D eigenvalue weighted by molar-refractivity contribution is -0.136. The number of rotatable bonds is 5. The molecule has 1 N–H and O–H groups in total. The number of nitrogens with zero attached hydrogens (tertiary/aromatic N) is 1. The van der Waals surface area contributed by atoms with Gasteiger partial charge in [0.05, 0.1) is 18.7 Å². The minimum absolute atomic E-state index is 0.259. The lowest BCUT2D eigenvalue weighted by Crippen LogP contribution is -2.41. The maximum Gasteiger partial charge on any atom is 0.264 e. The minimum atomic E-state index is -1.91. The number of aliphatic hydroxyl groups is 1. The highest BCUT2D eigenvalue weighted by atomic mass is 79.9. The molecule has 0 saturated heterocycles. The van der Waals surface area contributed by atoms with Crippen LogP contribution in [0.4, 0.5) is 5.69 Å². The summed E-state index contributed by atoms with van der Waals surface area (Å²) in [5, 5.41) is 11.6. The van der Waals surface area contributed by atoms with Gasteiger partial charge in [0.2, 0.25) is 0 Å². The number of amides is 1. The number of Topliss-reactive ketones (excluding diaryl/α,β-unsaturated/α-hetero) is 1. The van der Waals surface area contributed by atoms with Gasteiger partial charge >= 0.3 is 0 Å². The average Bonchev–Trinajstić information content (AvgIpc) is 2.91. The Kier molecular flexibility index (Phi) is 5.90. The maximum atomic E-state index is 13.5. The van der Waals surface area contributed by atoms with E-state index in [0.29, 0.717) is 23.4 Å². The van der Waals surface area contributed by atoms with Crippen molar-refractivity contribution >= 4 is 49.2 Å². The smallest absolute Gasteiger partial charge is 0.264 e. The molecule has 0 bridgehead atoms. The van der Waals surface area contributed by atoms with E-state index in [1.807, 2.05) is 56.3 Å². The molecule has 0 aromatic heterocycles. The van der Waals surface area contributed by atoms with Crippen LogP contribution in [0, 0.1) is 13.8 Å². The third kappa shape index (κ3) is 4.12. The zero-order chi connectivity index (χ0) is 22.3. The topological polar surface area (TPSA) is 57.6 Å². The van der Waals surface area contributed by atoms with Crippen LogP contribution in [0.2, 0.25) is 0 Å². The molecule has 0 fully saturated rings. The Balaban J connectivity index is 1.71. The molecule has 1 atom stereocenters. The number of halogens is 2. The van der Waals surface area contributed by atoms with Crippen molar-refractivity contribution in [3.63, 3.8) is 0 Å². The molecular weight excluding hydrogens is 522 g/mol. The fourth-order valence-corrected chi connectivity index (χ4v) is 4.70. The number of fused-ring (bicyclic) bond motifs is 1. The second-order valence-corrected chi connectivity index (χ2v) is 9.79. The van der Waals surface area contributed by atoms with Crippen molar-refractivity contribution in [2.75, 3.05) is 4.90 Å². The first kappa shape index (κ1) is 21.9. The number of hydrogen-bond acceptors (Lipinski definition) is 3. The van der Waals surface area contributed by atoms with E-state index in [-0.39, 0.29) is 12.2 Å². The van der Waals surface area contributed by atoms with Crippen molar-refractivity contribution in [2.45, 2.75) is 32.4 Å². The minimum Gasteiger partial charge on any atom is -0.375 e. The molecule has 3 aromatic rings. The van der Waals surface area contributed by atoms with Gasteiger partial charge in [0, 0.05) is 20.1 Å². The molecule has 1 amide bonds. The number of carbonyl (C=O) groups excluding carboxylic acids is 2. The van der Waals surface area contributed by atoms with Crippen molar-refractivity contribution in [3.8, 4) is 0 Å². The van der Waals surface area contributed by atoms with Gasteiger partial charge in [0.1, 0.15) is 0 Å². The number of benzene rings is 3. The van der Waals surface area contributed by atoms with Crippen LogP contribution in [0.5, 0.6) is 0 Å². The fourth-order valence-electron chi connectivity index (χ4n) is 4.08. The van der Waals surface area contributed by atoms with Crippen LogP contribution >= 0.6 is 31.9 Å². The lowest BCUT2D eigenvalue weighted by Gasteiger charge is -2.23. The summed E-state index contributed by atoms with van der Waals surface area (Å²) in [6.07, 6.45) is -0.309. The summed E-state index contributed by atoms with van der Waals surface area (Å²) >= 11 is 6.85. The normalized spacial score (nSPS) is 17.7. The molecule has 31 heavy (non-hydrogen) atoms. The first-order valence-electron chi connectivity index (χ1n) is 9.88. The van der Waals surface area contributed by atoms with Gasteiger partial charge in [-0.2, -0.15) is 0 Å². The molecule has 1 aliphatic heterocycles. The molecule has 4 nitrogen and oxygen atoms in total. The van der Waals surface area contributed by atoms with Crippen molar-refractivity contribution < 1.29 is 14.7 Å². The van der Waals surface area contributed by atoms with Gasteiger partial charge in [-0.05, 0) is 55.3 Å². The number of hydrogen-bond donors (Lipinski definition) is 1. The van der Waals surface area contributed by atoms with Gasteiger partial charge in [-0.3, -0.25) is 9.59 Å². The Morgan fingerprint density at radius 2 is 1.65 bits per heavy atom. The van der Waals surface area contributed by atoms with Gasteiger partial charge < -0.3 is 10.0 Å². The Morgan fingerprint density at radius 1 is 0.968 bits per heavy atom. The standard InChI is InChI=1S/C25H21Br2NO3/c1-15-3-9-20(16(2)11-15)23(29)13-25(31)21-12-19(27)8-10-22(21)28(24(25)30)14-17-4-6-18(26)7-5-17/h3-12,31H,13-14H2,1-2H3. The summed E-state index contributed by atoms with van der Waals surface area (Å²) in [5.74, 6) is -0.744. The zero-order valence-corrected chi connectivity index (χ0v) is 20.3. The largest absolute Gasteiger partial charge is 0.375 e. The molecule has 0 aliphatic carbocycles. The van der Waals surface area contributed by atoms with Gasteiger partial charge in [-0.15, -0.1) is 0 Å². The third-order valence-electron chi connectivity index (χ3n) is 5.65. The van der Waals surface area contributed by atoms with E-state index in [1.54, 1.807) is 23.1 Å². The van der Waals surface area contributed by atoms with E-state index in [2.05, 4.69) is 31.9 Å². The summed E-state index contributed by atoms with van der Waals surface area (Å²) < 4.78 is 1.69. The molecule has 3 aromatic carbocycles. The molecule has 1 unspecified atom stereocenters. The van der Waals surface area contributed by atoms with Crippen LogP contribution in [0.3, 0.4) is 0 Å². The van der Waals surface area contributed by atoms with E-state index < -0.39 is 11.5 Å². The van der Waals surface area contributed by atoms with E-state index in [4.69, 9.17) is 0 Å². The van der Waals surface area contributed by atoms with Crippen molar-refractivity contribution in [1.29, 1.82) is 0 Å². The van der Waals surface area contributed by atoms with Crippen LogP contribution in [0.15, 0.2) is 69.6 Å². The van der Waals surface area contributed by atoms with E-state index in [0.717, 1.165) is 25.6 Å². The summed E-state index contributed by atoms with van der Waals surface area (Å²) in [7, 11) is 0. The first-order valence-corrected chi connectivity index (χ1v) is 11.5. The van der Waals surface area contributed by atoms with Crippen LogP contribution in [-0.2, 0) is 16.9 Å². The number of aryl methyl sites for hydroxylation is 2. The van der Waals surface area contributed by atoms with Crippen LogP contribution in [0.1, 0.15) is 39.0 Å². The molecule has 6 heteroatoms. The Labute approximate surface area is 198 Å². The van der Waals surface area contributed by atoms with E-state index >= 15 is 0 Å². The van der Waals surface area contributed by atoms with E-state index in [9.17, 15) is 14.7 Å². The zero-order valence-electron chi connectivity index (χ0n) is 17.2. The number of anilines is 1. The highest BCUT2D eigenvalue weighted by Gasteiger charge is 2.51. The quantitative estimate of drug-likeness (QED) is 0.412. The highest BCUT2D eigenvalue weighted by Crippen LogP contribution is 2.45. The highest BCUT2D eigenvalue weighted by molar-refractivity contribution is 9.10. The predicted octanol–water partition coefficient (Wildman–Crippen LogP) is 5.84. The maximum absolute atomic E-state index is 13.5. The van der Waals surface area contributed by atoms with Crippen LogP contribution in [-0.4, -0.2) is 16.8 Å². The predicted molar refractivity (Wildman–Crippen MR) is 128 cm³/mol. The van der Waals surface area contributed by atoms with Crippen molar-refractivity contribution in [3.05, 3.63) is 97.4 Å².